The Hall–Kier alpha value is -2.47. The number of rotatable bonds is 4. The largest absolute Gasteiger partial charge is 0.462 e. The molecule has 0 saturated heterocycles. The van der Waals surface area contributed by atoms with Gasteiger partial charge in [-0.2, -0.15) is 0 Å². The van der Waals surface area contributed by atoms with Gasteiger partial charge in [-0.05, 0) is 55.9 Å². The van der Waals surface area contributed by atoms with E-state index >= 15 is 0 Å². The SMILES string of the molecule is CCOC(=O)c1cccc(Cn2cnc3sc4c(c3c2=O)CCCC4)c1. The molecule has 0 fully saturated rings. The van der Waals surface area contributed by atoms with Crippen LogP contribution in [0.2, 0.25) is 0 Å². The van der Waals surface area contributed by atoms with Crippen LogP contribution >= 0.6 is 11.3 Å². The molecule has 26 heavy (non-hydrogen) atoms. The number of carbonyl (C=O) groups excluding carboxylic acids is 1. The molecule has 1 aromatic carbocycles. The molecular weight excluding hydrogens is 348 g/mol. The van der Waals surface area contributed by atoms with Gasteiger partial charge in [0, 0.05) is 4.88 Å². The summed E-state index contributed by atoms with van der Waals surface area (Å²) in [6.07, 6.45) is 5.96. The molecule has 6 heteroatoms. The molecule has 2 heterocycles. The number of thiophene rings is 1. The maximum Gasteiger partial charge on any atom is 0.338 e. The van der Waals surface area contributed by atoms with Gasteiger partial charge in [-0.3, -0.25) is 9.36 Å². The number of aromatic nitrogens is 2. The van der Waals surface area contributed by atoms with Crippen LogP contribution in [0.3, 0.4) is 0 Å². The third-order valence-electron chi connectivity index (χ3n) is 4.73. The second kappa shape index (κ2) is 7.03. The van der Waals surface area contributed by atoms with Gasteiger partial charge in [0.25, 0.3) is 5.56 Å². The van der Waals surface area contributed by atoms with E-state index in [1.807, 2.05) is 12.1 Å². The van der Waals surface area contributed by atoms with Gasteiger partial charge in [0.05, 0.1) is 30.4 Å². The quantitative estimate of drug-likeness (QED) is 0.661. The van der Waals surface area contributed by atoms with Gasteiger partial charge in [0.1, 0.15) is 4.83 Å². The van der Waals surface area contributed by atoms with Gasteiger partial charge in [0.15, 0.2) is 0 Å². The predicted molar refractivity (Wildman–Crippen MR) is 102 cm³/mol. The van der Waals surface area contributed by atoms with Crippen molar-refractivity contribution >= 4 is 27.5 Å². The minimum atomic E-state index is -0.345. The van der Waals surface area contributed by atoms with Gasteiger partial charge in [-0.25, -0.2) is 9.78 Å². The second-order valence-corrected chi connectivity index (χ2v) is 7.57. The summed E-state index contributed by atoms with van der Waals surface area (Å²) in [5.74, 6) is -0.345. The highest BCUT2D eigenvalue weighted by molar-refractivity contribution is 7.18. The lowest BCUT2D eigenvalue weighted by atomic mass is 9.97. The van der Waals surface area contributed by atoms with Crippen LogP contribution in [-0.2, 0) is 24.1 Å². The molecule has 1 aliphatic carbocycles. The smallest absolute Gasteiger partial charge is 0.338 e. The van der Waals surface area contributed by atoms with Crippen LogP contribution in [0.5, 0.6) is 0 Å². The van der Waals surface area contributed by atoms with Crippen molar-refractivity contribution in [2.45, 2.75) is 39.2 Å². The molecule has 0 atom stereocenters. The molecule has 4 rings (SSSR count). The van der Waals surface area contributed by atoms with Gasteiger partial charge < -0.3 is 4.74 Å². The number of esters is 1. The molecule has 0 radical (unpaired) electrons. The fourth-order valence-corrected chi connectivity index (χ4v) is 4.72. The van der Waals surface area contributed by atoms with Crippen LogP contribution in [-0.4, -0.2) is 22.1 Å². The first kappa shape index (κ1) is 17.0. The van der Waals surface area contributed by atoms with E-state index in [9.17, 15) is 9.59 Å². The molecule has 5 nitrogen and oxygen atoms in total. The summed E-state index contributed by atoms with van der Waals surface area (Å²) in [5.41, 5.74) is 2.58. The fraction of sp³-hybridized carbons (Fsp3) is 0.350. The average molecular weight is 368 g/mol. The molecule has 0 spiro atoms. The summed E-state index contributed by atoms with van der Waals surface area (Å²) in [7, 11) is 0. The van der Waals surface area contributed by atoms with Crippen molar-refractivity contribution in [3.05, 3.63) is 62.5 Å². The van der Waals surface area contributed by atoms with Crippen molar-refractivity contribution in [1.82, 2.24) is 9.55 Å². The maximum atomic E-state index is 13.0. The normalized spacial score (nSPS) is 13.6. The van der Waals surface area contributed by atoms with E-state index in [1.54, 1.807) is 41.3 Å². The van der Waals surface area contributed by atoms with Crippen LogP contribution < -0.4 is 5.56 Å². The Labute approximate surface area is 155 Å². The molecular formula is C20H20N2O3S. The van der Waals surface area contributed by atoms with Gasteiger partial charge in [-0.15, -0.1) is 11.3 Å². The summed E-state index contributed by atoms with van der Waals surface area (Å²) in [4.78, 5) is 31.6. The molecule has 1 aliphatic rings. The Balaban J connectivity index is 1.70. The Morgan fingerprint density at radius 1 is 1.31 bits per heavy atom. The Morgan fingerprint density at radius 2 is 2.15 bits per heavy atom. The molecule has 0 aliphatic heterocycles. The first-order valence-electron chi connectivity index (χ1n) is 8.93. The zero-order valence-corrected chi connectivity index (χ0v) is 15.5. The average Bonchev–Trinajstić information content (AvgIpc) is 3.04. The minimum absolute atomic E-state index is 0.0101. The number of hydrogen-bond donors (Lipinski definition) is 0. The van der Waals surface area contributed by atoms with E-state index in [2.05, 4.69) is 4.98 Å². The highest BCUT2D eigenvalue weighted by Crippen LogP contribution is 2.33. The van der Waals surface area contributed by atoms with Crippen LogP contribution in [0.1, 0.15) is 46.1 Å². The van der Waals surface area contributed by atoms with Gasteiger partial charge >= 0.3 is 5.97 Å². The monoisotopic (exact) mass is 368 g/mol. The molecule has 0 amide bonds. The molecule has 3 aromatic rings. The van der Waals surface area contributed by atoms with Crippen molar-refractivity contribution in [2.75, 3.05) is 6.61 Å². The molecule has 0 saturated carbocycles. The van der Waals surface area contributed by atoms with Crippen molar-refractivity contribution in [3.8, 4) is 0 Å². The lowest BCUT2D eigenvalue weighted by molar-refractivity contribution is 0.0526. The van der Waals surface area contributed by atoms with E-state index in [1.165, 1.54) is 16.9 Å². The molecule has 2 aromatic heterocycles. The summed E-state index contributed by atoms with van der Waals surface area (Å²) < 4.78 is 6.68. The van der Waals surface area contributed by atoms with Crippen LogP contribution in [0, 0.1) is 0 Å². The Bertz CT molecular complexity index is 1040. The number of benzene rings is 1. The second-order valence-electron chi connectivity index (χ2n) is 6.49. The summed E-state index contributed by atoms with van der Waals surface area (Å²) in [5, 5.41) is 0.786. The van der Waals surface area contributed by atoms with Crippen LogP contribution in [0.15, 0.2) is 35.4 Å². The van der Waals surface area contributed by atoms with E-state index < -0.39 is 0 Å². The summed E-state index contributed by atoms with van der Waals surface area (Å²) in [6.45, 7) is 2.51. The number of ether oxygens (including phenoxy) is 1. The Morgan fingerprint density at radius 3 is 3.00 bits per heavy atom. The third-order valence-corrected chi connectivity index (χ3v) is 5.93. The highest BCUT2D eigenvalue weighted by atomic mass is 32.1. The van der Waals surface area contributed by atoms with Crippen molar-refractivity contribution < 1.29 is 9.53 Å². The van der Waals surface area contributed by atoms with Crippen molar-refractivity contribution in [3.63, 3.8) is 0 Å². The van der Waals surface area contributed by atoms with Crippen LogP contribution in [0.4, 0.5) is 0 Å². The molecule has 0 N–H and O–H groups in total. The third kappa shape index (κ3) is 3.05. The zero-order chi connectivity index (χ0) is 18.1. The first-order valence-corrected chi connectivity index (χ1v) is 9.74. The zero-order valence-electron chi connectivity index (χ0n) is 14.7. The van der Waals surface area contributed by atoms with E-state index in [0.29, 0.717) is 18.7 Å². The minimum Gasteiger partial charge on any atom is -0.462 e. The van der Waals surface area contributed by atoms with Gasteiger partial charge in [0.2, 0.25) is 0 Å². The first-order chi connectivity index (χ1) is 12.7. The van der Waals surface area contributed by atoms with E-state index in [0.717, 1.165) is 35.0 Å². The number of nitrogens with zero attached hydrogens (tertiary/aromatic N) is 2. The van der Waals surface area contributed by atoms with Gasteiger partial charge in [-0.1, -0.05) is 12.1 Å². The van der Waals surface area contributed by atoms with Crippen molar-refractivity contribution in [1.29, 1.82) is 0 Å². The number of carbonyl (C=O) groups is 1. The summed E-state index contributed by atoms with van der Waals surface area (Å²) >= 11 is 1.66. The van der Waals surface area contributed by atoms with E-state index in [-0.39, 0.29) is 11.5 Å². The van der Waals surface area contributed by atoms with Crippen LogP contribution in [0.25, 0.3) is 10.2 Å². The van der Waals surface area contributed by atoms with E-state index in [4.69, 9.17) is 4.74 Å². The lowest BCUT2D eigenvalue weighted by Gasteiger charge is -2.11. The molecule has 0 unspecified atom stereocenters. The summed E-state index contributed by atoms with van der Waals surface area (Å²) in [6, 6.07) is 7.21. The number of fused-ring (bicyclic) bond motifs is 3. The fourth-order valence-electron chi connectivity index (χ4n) is 3.50. The lowest BCUT2D eigenvalue weighted by Crippen LogP contribution is -2.22. The molecule has 0 bridgehead atoms. The number of aryl methyl sites for hydroxylation is 2. The van der Waals surface area contributed by atoms with Crippen molar-refractivity contribution in [2.24, 2.45) is 0 Å². The number of hydrogen-bond acceptors (Lipinski definition) is 5. The predicted octanol–water partition coefficient (Wildman–Crippen LogP) is 3.56. The topological polar surface area (TPSA) is 61.2 Å². The Kier molecular flexibility index (Phi) is 4.59. The molecule has 134 valence electrons. The standard InChI is InChI=1S/C20H20N2O3S/c1-2-25-20(24)14-7-5-6-13(10-14)11-22-12-21-18-17(19(22)23)15-8-3-4-9-16(15)26-18/h5-7,10,12H,2-4,8-9,11H2,1H3. The highest BCUT2D eigenvalue weighted by Gasteiger charge is 2.20. The maximum absolute atomic E-state index is 13.0.